The van der Waals surface area contributed by atoms with E-state index in [1.54, 1.807) is 18.9 Å². The Labute approximate surface area is 135 Å². The molecule has 0 atom stereocenters. The van der Waals surface area contributed by atoms with Gasteiger partial charge in [0.05, 0.1) is 7.11 Å². The average Bonchev–Trinajstić information content (AvgIpc) is 2.90. The number of ether oxygens (including phenoxy) is 1. The molecule has 1 fully saturated rings. The SMILES string of the molecule is COc1ccc2oc(SCCN3CCCCC3)nc2c1.Cl. The van der Waals surface area contributed by atoms with E-state index in [0.717, 1.165) is 34.4 Å². The molecule has 0 radical (unpaired) electrons. The van der Waals surface area contributed by atoms with Gasteiger partial charge in [0.2, 0.25) is 0 Å². The highest BCUT2D eigenvalue weighted by atomic mass is 35.5. The Bertz CT molecular complexity index is 570. The Morgan fingerprint density at radius 3 is 2.86 bits per heavy atom. The smallest absolute Gasteiger partial charge is 0.256 e. The number of hydrogen-bond donors (Lipinski definition) is 0. The molecule has 1 aliphatic heterocycles. The minimum absolute atomic E-state index is 0. The number of likely N-dealkylation sites (tertiary alicyclic amines) is 1. The molecular formula is C15H21ClN2O2S. The third kappa shape index (κ3) is 4.28. The lowest BCUT2D eigenvalue weighted by molar-refractivity contribution is 0.242. The monoisotopic (exact) mass is 328 g/mol. The minimum atomic E-state index is 0. The van der Waals surface area contributed by atoms with Crippen LogP contribution in [0.3, 0.4) is 0 Å². The number of halogens is 1. The number of oxazole rings is 1. The van der Waals surface area contributed by atoms with Crippen molar-refractivity contribution in [2.75, 3.05) is 32.5 Å². The molecule has 1 aromatic carbocycles. The maximum Gasteiger partial charge on any atom is 0.256 e. The standard InChI is InChI=1S/C15H20N2O2S.ClH/c1-18-12-5-6-14-13(11-12)16-15(19-14)20-10-9-17-7-3-2-4-8-17;/h5-6,11H,2-4,7-10H2,1H3;1H. The number of aromatic nitrogens is 1. The van der Waals surface area contributed by atoms with Crippen molar-refractivity contribution in [1.82, 2.24) is 9.88 Å². The summed E-state index contributed by atoms with van der Waals surface area (Å²) in [6.07, 6.45) is 4.07. The van der Waals surface area contributed by atoms with E-state index < -0.39 is 0 Å². The first-order chi connectivity index (χ1) is 9.85. The Kier molecular flexibility index (Phi) is 6.21. The zero-order valence-corrected chi connectivity index (χ0v) is 13.8. The molecule has 0 bridgehead atoms. The van der Waals surface area contributed by atoms with Gasteiger partial charge >= 0.3 is 0 Å². The second-order valence-electron chi connectivity index (χ2n) is 5.06. The zero-order chi connectivity index (χ0) is 13.8. The molecule has 1 saturated heterocycles. The fourth-order valence-electron chi connectivity index (χ4n) is 2.52. The first-order valence-electron chi connectivity index (χ1n) is 7.15. The molecule has 0 unspecified atom stereocenters. The van der Waals surface area contributed by atoms with Gasteiger partial charge in [-0.05, 0) is 38.1 Å². The summed E-state index contributed by atoms with van der Waals surface area (Å²) in [6.45, 7) is 3.60. The molecule has 0 spiro atoms. The molecule has 0 amide bonds. The van der Waals surface area contributed by atoms with E-state index in [1.165, 1.54) is 32.4 Å². The van der Waals surface area contributed by atoms with Crippen LogP contribution in [0.1, 0.15) is 19.3 Å². The van der Waals surface area contributed by atoms with E-state index in [1.807, 2.05) is 18.2 Å². The van der Waals surface area contributed by atoms with Crippen LogP contribution >= 0.6 is 24.2 Å². The van der Waals surface area contributed by atoms with Gasteiger partial charge < -0.3 is 14.1 Å². The van der Waals surface area contributed by atoms with Crippen LogP contribution in [0.15, 0.2) is 27.8 Å². The molecule has 6 heteroatoms. The quantitative estimate of drug-likeness (QED) is 0.780. The first kappa shape index (κ1) is 16.5. The van der Waals surface area contributed by atoms with Crippen LogP contribution in [-0.4, -0.2) is 42.4 Å². The Hall–Kier alpha value is -0.910. The van der Waals surface area contributed by atoms with Crippen LogP contribution in [0.5, 0.6) is 5.75 Å². The van der Waals surface area contributed by atoms with E-state index in [2.05, 4.69) is 9.88 Å². The molecule has 4 nitrogen and oxygen atoms in total. The van der Waals surface area contributed by atoms with Gasteiger partial charge in [0.1, 0.15) is 11.3 Å². The number of fused-ring (bicyclic) bond motifs is 1. The maximum absolute atomic E-state index is 5.73. The van der Waals surface area contributed by atoms with Gasteiger partial charge in [-0.15, -0.1) is 12.4 Å². The summed E-state index contributed by atoms with van der Waals surface area (Å²) in [7, 11) is 1.66. The van der Waals surface area contributed by atoms with Gasteiger partial charge in [-0.1, -0.05) is 18.2 Å². The molecule has 3 rings (SSSR count). The second kappa shape index (κ2) is 7.92. The summed E-state index contributed by atoms with van der Waals surface area (Å²) >= 11 is 1.69. The second-order valence-corrected chi connectivity index (χ2v) is 6.11. The van der Waals surface area contributed by atoms with Gasteiger partial charge in [-0.25, -0.2) is 4.98 Å². The largest absolute Gasteiger partial charge is 0.497 e. The van der Waals surface area contributed by atoms with Crippen LogP contribution in [0.2, 0.25) is 0 Å². The lowest BCUT2D eigenvalue weighted by atomic mass is 10.1. The number of methoxy groups -OCH3 is 1. The van der Waals surface area contributed by atoms with Gasteiger partial charge in [-0.2, -0.15) is 0 Å². The first-order valence-corrected chi connectivity index (χ1v) is 8.13. The average molecular weight is 329 g/mol. The molecule has 116 valence electrons. The highest BCUT2D eigenvalue weighted by Gasteiger charge is 2.11. The summed E-state index contributed by atoms with van der Waals surface area (Å²) in [5.74, 6) is 1.85. The van der Waals surface area contributed by atoms with Gasteiger partial charge in [0.25, 0.3) is 5.22 Å². The number of hydrogen-bond acceptors (Lipinski definition) is 5. The van der Waals surface area contributed by atoms with Crippen LogP contribution in [-0.2, 0) is 0 Å². The van der Waals surface area contributed by atoms with Gasteiger partial charge in [0, 0.05) is 18.4 Å². The Balaban J connectivity index is 0.00000161. The van der Waals surface area contributed by atoms with E-state index in [0.29, 0.717) is 0 Å². The summed E-state index contributed by atoms with van der Waals surface area (Å²) in [5, 5.41) is 0.755. The van der Waals surface area contributed by atoms with Crippen molar-refractivity contribution in [1.29, 1.82) is 0 Å². The lowest BCUT2D eigenvalue weighted by Crippen LogP contribution is -2.31. The van der Waals surface area contributed by atoms with Crippen molar-refractivity contribution in [3.63, 3.8) is 0 Å². The van der Waals surface area contributed by atoms with Crippen molar-refractivity contribution in [2.24, 2.45) is 0 Å². The normalized spacial score (nSPS) is 15.9. The predicted octanol–water partition coefficient (Wildman–Crippen LogP) is 3.84. The van der Waals surface area contributed by atoms with Crippen LogP contribution in [0.25, 0.3) is 11.1 Å². The fourth-order valence-corrected chi connectivity index (χ4v) is 3.36. The maximum atomic E-state index is 5.73. The topological polar surface area (TPSA) is 38.5 Å². The van der Waals surface area contributed by atoms with Gasteiger partial charge in [0.15, 0.2) is 5.58 Å². The highest BCUT2D eigenvalue weighted by Crippen LogP contribution is 2.26. The molecule has 1 aromatic heterocycles. The summed E-state index contributed by atoms with van der Waals surface area (Å²) < 4.78 is 10.9. The van der Waals surface area contributed by atoms with Crippen LogP contribution < -0.4 is 4.74 Å². The summed E-state index contributed by atoms with van der Waals surface area (Å²) in [6, 6.07) is 5.72. The van der Waals surface area contributed by atoms with E-state index in [-0.39, 0.29) is 12.4 Å². The van der Waals surface area contributed by atoms with Crippen LogP contribution in [0.4, 0.5) is 0 Å². The lowest BCUT2D eigenvalue weighted by Gasteiger charge is -2.25. The highest BCUT2D eigenvalue weighted by molar-refractivity contribution is 7.99. The molecule has 0 saturated carbocycles. The Morgan fingerprint density at radius 2 is 2.10 bits per heavy atom. The Morgan fingerprint density at radius 1 is 1.29 bits per heavy atom. The number of thioether (sulfide) groups is 1. The van der Waals surface area contributed by atoms with Crippen molar-refractivity contribution in [2.45, 2.75) is 24.5 Å². The number of rotatable bonds is 5. The third-order valence-corrected chi connectivity index (χ3v) is 4.47. The molecule has 2 aromatic rings. The van der Waals surface area contributed by atoms with E-state index >= 15 is 0 Å². The number of piperidine rings is 1. The van der Waals surface area contributed by atoms with Gasteiger partial charge in [-0.3, -0.25) is 0 Å². The predicted molar refractivity (Wildman–Crippen MR) is 88.8 cm³/mol. The van der Waals surface area contributed by atoms with E-state index in [4.69, 9.17) is 9.15 Å². The van der Waals surface area contributed by atoms with Crippen molar-refractivity contribution in [3.8, 4) is 5.75 Å². The fraction of sp³-hybridized carbons (Fsp3) is 0.533. The summed E-state index contributed by atoms with van der Waals surface area (Å²) in [5.41, 5.74) is 1.69. The molecule has 0 N–H and O–H groups in total. The van der Waals surface area contributed by atoms with Crippen molar-refractivity contribution < 1.29 is 9.15 Å². The number of benzene rings is 1. The van der Waals surface area contributed by atoms with Crippen molar-refractivity contribution in [3.05, 3.63) is 18.2 Å². The minimum Gasteiger partial charge on any atom is -0.497 e. The number of nitrogens with zero attached hydrogens (tertiary/aromatic N) is 2. The zero-order valence-electron chi connectivity index (χ0n) is 12.2. The third-order valence-electron chi connectivity index (χ3n) is 3.66. The van der Waals surface area contributed by atoms with E-state index in [9.17, 15) is 0 Å². The molecular weight excluding hydrogens is 308 g/mol. The molecule has 21 heavy (non-hydrogen) atoms. The molecule has 0 aliphatic carbocycles. The van der Waals surface area contributed by atoms with Crippen LogP contribution in [0, 0.1) is 0 Å². The van der Waals surface area contributed by atoms with Crippen molar-refractivity contribution >= 4 is 35.3 Å². The molecule has 2 heterocycles. The summed E-state index contributed by atoms with van der Waals surface area (Å²) in [4.78, 5) is 7.03. The molecule has 1 aliphatic rings.